The van der Waals surface area contributed by atoms with Crippen molar-refractivity contribution >= 4 is 15.9 Å². The van der Waals surface area contributed by atoms with Gasteiger partial charge in [0.25, 0.3) is 5.91 Å². The van der Waals surface area contributed by atoms with Crippen LogP contribution in [0.2, 0.25) is 0 Å². The number of nitrogens with zero attached hydrogens (tertiary/aromatic N) is 1. The number of hydrogen-bond acceptors (Lipinski definition) is 6. The van der Waals surface area contributed by atoms with Crippen LogP contribution in [-0.4, -0.2) is 51.5 Å². The van der Waals surface area contributed by atoms with Gasteiger partial charge in [-0.1, -0.05) is 12.1 Å². The van der Waals surface area contributed by atoms with Crippen LogP contribution in [0.15, 0.2) is 41.3 Å². The second kappa shape index (κ2) is 11.4. The third-order valence-corrected chi connectivity index (χ3v) is 7.16. The Kier molecular flexibility index (Phi) is 8.57. The first kappa shape index (κ1) is 24.9. The third-order valence-electron chi connectivity index (χ3n) is 5.25. The van der Waals surface area contributed by atoms with Gasteiger partial charge in [-0.3, -0.25) is 4.79 Å². The van der Waals surface area contributed by atoms with E-state index >= 15 is 0 Å². The standard InChI is InChI=1S/C24H32N2O6S/c1-4-30-21-15-19(16-22(31-5-2)23(21)32-6-3)24(27)25-17-18-9-11-20(12-10-18)33(28,29)26-13-7-8-14-26/h9-12,15-16H,4-8,13-14,17H2,1-3H3,(H,25,27). The van der Waals surface area contributed by atoms with Crippen LogP contribution in [-0.2, 0) is 16.6 Å². The second-order valence-corrected chi connectivity index (χ2v) is 9.48. The van der Waals surface area contributed by atoms with E-state index in [1.165, 1.54) is 4.31 Å². The van der Waals surface area contributed by atoms with Gasteiger partial charge in [0, 0.05) is 25.2 Å². The minimum atomic E-state index is -3.45. The van der Waals surface area contributed by atoms with E-state index in [0.717, 1.165) is 18.4 Å². The van der Waals surface area contributed by atoms with Gasteiger partial charge in [0.05, 0.1) is 24.7 Å². The summed E-state index contributed by atoms with van der Waals surface area (Å²) >= 11 is 0. The molecule has 3 rings (SSSR count). The number of carbonyl (C=O) groups is 1. The summed E-state index contributed by atoms with van der Waals surface area (Å²) in [6, 6.07) is 9.90. The first-order chi connectivity index (χ1) is 15.9. The first-order valence-corrected chi connectivity index (χ1v) is 12.8. The number of carbonyl (C=O) groups excluding carboxylic acids is 1. The number of benzene rings is 2. The van der Waals surface area contributed by atoms with Gasteiger partial charge >= 0.3 is 0 Å². The predicted octanol–water partition coefficient (Wildman–Crippen LogP) is 3.60. The minimum Gasteiger partial charge on any atom is -0.490 e. The Labute approximate surface area is 195 Å². The molecule has 1 heterocycles. The fraction of sp³-hybridized carbons (Fsp3) is 0.458. The zero-order valence-corrected chi connectivity index (χ0v) is 20.2. The Bertz CT molecular complexity index is 1020. The number of hydrogen-bond donors (Lipinski definition) is 1. The van der Waals surface area contributed by atoms with Crippen molar-refractivity contribution in [1.82, 2.24) is 9.62 Å². The number of sulfonamides is 1. The molecule has 8 nitrogen and oxygen atoms in total. The highest BCUT2D eigenvalue weighted by Gasteiger charge is 2.27. The van der Waals surface area contributed by atoms with E-state index in [1.807, 2.05) is 20.8 Å². The monoisotopic (exact) mass is 476 g/mol. The highest BCUT2D eigenvalue weighted by atomic mass is 32.2. The Balaban J connectivity index is 1.72. The van der Waals surface area contributed by atoms with Gasteiger partial charge in [-0.25, -0.2) is 8.42 Å². The fourth-order valence-corrected chi connectivity index (χ4v) is 5.18. The zero-order chi connectivity index (χ0) is 23.8. The van der Waals surface area contributed by atoms with E-state index < -0.39 is 10.0 Å². The molecule has 0 aliphatic carbocycles. The van der Waals surface area contributed by atoms with Gasteiger partial charge in [-0.2, -0.15) is 4.31 Å². The fourth-order valence-electron chi connectivity index (χ4n) is 3.66. The molecule has 180 valence electrons. The van der Waals surface area contributed by atoms with Crippen LogP contribution in [0.4, 0.5) is 0 Å². The predicted molar refractivity (Wildman–Crippen MR) is 126 cm³/mol. The van der Waals surface area contributed by atoms with E-state index in [9.17, 15) is 13.2 Å². The van der Waals surface area contributed by atoms with Crippen molar-refractivity contribution in [2.24, 2.45) is 0 Å². The highest BCUT2D eigenvalue weighted by molar-refractivity contribution is 7.89. The van der Waals surface area contributed by atoms with Crippen molar-refractivity contribution in [3.63, 3.8) is 0 Å². The van der Waals surface area contributed by atoms with Gasteiger partial charge in [-0.05, 0) is 63.4 Å². The van der Waals surface area contributed by atoms with E-state index in [2.05, 4.69) is 5.32 Å². The average Bonchev–Trinajstić information content (AvgIpc) is 3.36. The molecule has 1 saturated heterocycles. The SMILES string of the molecule is CCOc1cc(C(=O)NCc2ccc(S(=O)(=O)N3CCCC3)cc2)cc(OCC)c1OCC. The molecule has 0 spiro atoms. The lowest BCUT2D eigenvalue weighted by atomic mass is 10.1. The average molecular weight is 477 g/mol. The van der Waals surface area contributed by atoms with Crippen molar-refractivity contribution in [3.8, 4) is 17.2 Å². The maximum atomic E-state index is 12.8. The molecule has 1 amide bonds. The number of nitrogens with one attached hydrogen (secondary N) is 1. The van der Waals surface area contributed by atoms with Gasteiger partial charge in [0.2, 0.25) is 15.8 Å². The van der Waals surface area contributed by atoms with E-state index in [0.29, 0.717) is 55.7 Å². The molecule has 0 aromatic heterocycles. The Hall–Kier alpha value is -2.78. The van der Waals surface area contributed by atoms with Crippen molar-refractivity contribution in [2.75, 3.05) is 32.9 Å². The molecule has 9 heteroatoms. The maximum Gasteiger partial charge on any atom is 0.251 e. The number of ether oxygens (including phenoxy) is 3. The molecule has 0 saturated carbocycles. The molecule has 0 radical (unpaired) electrons. The molecular weight excluding hydrogens is 444 g/mol. The number of amides is 1. The van der Waals surface area contributed by atoms with Crippen LogP contribution in [0.1, 0.15) is 49.5 Å². The zero-order valence-electron chi connectivity index (χ0n) is 19.4. The first-order valence-electron chi connectivity index (χ1n) is 11.3. The molecule has 1 aliphatic heterocycles. The third kappa shape index (κ3) is 5.97. The lowest BCUT2D eigenvalue weighted by molar-refractivity contribution is 0.0949. The molecule has 1 aliphatic rings. The summed E-state index contributed by atoms with van der Waals surface area (Å²) in [6.07, 6.45) is 1.79. The lowest BCUT2D eigenvalue weighted by Crippen LogP contribution is -2.28. The Morgan fingerprint density at radius 1 is 0.909 bits per heavy atom. The molecule has 0 atom stereocenters. The minimum absolute atomic E-state index is 0.254. The van der Waals surface area contributed by atoms with Crippen LogP contribution in [0.25, 0.3) is 0 Å². The summed E-state index contributed by atoms with van der Waals surface area (Å²) in [5.41, 5.74) is 1.18. The summed E-state index contributed by atoms with van der Waals surface area (Å²) in [4.78, 5) is 13.1. The van der Waals surface area contributed by atoms with Crippen LogP contribution in [0.3, 0.4) is 0 Å². The summed E-state index contributed by atoms with van der Waals surface area (Å²) in [5.74, 6) is 1.08. The Morgan fingerprint density at radius 2 is 1.45 bits per heavy atom. The summed E-state index contributed by atoms with van der Waals surface area (Å²) < 4.78 is 43.9. The second-order valence-electron chi connectivity index (χ2n) is 7.54. The van der Waals surface area contributed by atoms with E-state index in [1.54, 1.807) is 36.4 Å². The molecule has 0 unspecified atom stereocenters. The topological polar surface area (TPSA) is 94.2 Å². The molecule has 1 fully saturated rings. The van der Waals surface area contributed by atoms with Crippen LogP contribution >= 0.6 is 0 Å². The summed E-state index contributed by atoms with van der Waals surface area (Å²) in [6.45, 7) is 8.25. The van der Waals surface area contributed by atoms with E-state index in [4.69, 9.17) is 14.2 Å². The highest BCUT2D eigenvalue weighted by Crippen LogP contribution is 2.39. The molecule has 2 aromatic rings. The van der Waals surface area contributed by atoms with Crippen molar-refractivity contribution in [3.05, 3.63) is 47.5 Å². The molecule has 33 heavy (non-hydrogen) atoms. The maximum absolute atomic E-state index is 12.8. The normalized spacial score (nSPS) is 14.2. The van der Waals surface area contributed by atoms with Crippen LogP contribution in [0.5, 0.6) is 17.2 Å². The van der Waals surface area contributed by atoms with Gasteiger partial charge in [0.15, 0.2) is 11.5 Å². The van der Waals surface area contributed by atoms with Gasteiger partial charge in [-0.15, -0.1) is 0 Å². The van der Waals surface area contributed by atoms with Crippen LogP contribution < -0.4 is 19.5 Å². The molecule has 2 aromatic carbocycles. The van der Waals surface area contributed by atoms with Gasteiger partial charge in [0.1, 0.15) is 0 Å². The van der Waals surface area contributed by atoms with Crippen molar-refractivity contribution in [2.45, 2.75) is 45.1 Å². The summed E-state index contributed by atoms with van der Waals surface area (Å²) in [5, 5.41) is 2.87. The quantitative estimate of drug-likeness (QED) is 0.533. The smallest absolute Gasteiger partial charge is 0.251 e. The molecule has 1 N–H and O–H groups in total. The van der Waals surface area contributed by atoms with Gasteiger partial charge < -0.3 is 19.5 Å². The Morgan fingerprint density at radius 3 is 1.97 bits per heavy atom. The lowest BCUT2D eigenvalue weighted by Gasteiger charge is -2.17. The van der Waals surface area contributed by atoms with E-state index in [-0.39, 0.29) is 17.3 Å². The molecular formula is C24H32N2O6S. The largest absolute Gasteiger partial charge is 0.490 e. The van der Waals surface area contributed by atoms with Crippen LogP contribution in [0, 0.1) is 0 Å². The van der Waals surface area contributed by atoms with Crippen molar-refractivity contribution < 1.29 is 27.4 Å². The molecule has 0 bridgehead atoms. The summed E-state index contributed by atoms with van der Waals surface area (Å²) in [7, 11) is -3.45. The van der Waals surface area contributed by atoms with Crippen molar-refractivity contribution in [1.29, 1.82) is 0 Å². The number of rotatable bonds is 11.